The van der Waals surface area contributed by atoms with Gasteiger partial charge in [0.15, 0.2) is 0 Å². The summed E-state index contributed by atoms with van der Waals surface area (Å²) >= 11 is 3.48. The lowest BCUT2D eigenvalue weighted by molar-refractivity contribution is -0.138. The summed E-state index contributed by atoms with van der Waals surface area (Å²) in [6.45, 7) is 8.27. The van der Waals surface area contributed by atoms with Gasteiger partial charge < -0.3 is 15.1 Å². The van der Waals surface area contributed by atoms with Gasteiger partial charge in [-0.05, 0) is 82.4 Å². The zero-order valence-corrected chi connectivity index (χ0v) is 23.1. The number of piperidine rings is 1. The molecule has 2 aromatic rings. The van der Waals surface area contributed by atoms with Crippen LogP contribution in [0.25, 0.3) is 0 Å². The number of amides is 2. The lowest BCUT2D eigenvalue weighted by Gasteiger charge is -2.38. The van der Waals surface area contributed by atoms with E-state index in [1.807, 2.05) is 61.2 Å². The molecule has 1 N–H and O–H groups in total. The number of nitrogens with zero attached hydrogens (tertiary/aromatic N) is 2. The number of halogens is 2. The van der Waals surface area contributed by atoms with Gasteiger partial charge in [0.2, 0.25) is 11.8 Å². The first-order valence-electron chi connectivity index (χ1n) is 12.5. The molecular formula is C28H37BrClN3O2. The minimum absolute atomic E-state index is 0. The number of nitrogens with one attached hydrogen (secondary N) is 1. The average Bonchev–Trinajstić information content (AvgIpc) is 3.12. The maximum Gasteiger partial charge on any atom is 0.229 e. The van der Waals surface area contributed by atoms with Gasteiger partial charge in [-0.1, -0.05) is 58.4 Å². The van der Waals surface area contributed by atoms with Crippen LogP contribution in [-0.4, -0.2) is 53.8 Å². The van der Waals surface area contributed by atoms with E-state index in [0.717, 1.165) is 61.9 Å². The Hall–Kier alpha value is -1.89. The van der Waals surface area contributed by atoms with Crippen LogP contribution in [0, 0.1) is 5.41 Å². The van der Waals surface area contributed by atoms with Gasteiger partial charge in [0, 0.05) is 23.6 Å². The molecule has 0 aliphatic carbocycles. The Morgan fingerprint density at radius 3 is 2.26 bits per heavy atom. The van der Waals surface area contributed by atoms with E-state index in [9.17, 15) is 9.59 Å². The van der Waals surface area contributed by atoms with Crippen molar-refractivity contribution in [1.82, 2.24) is 15.1 Å². The van der Waals surface area contributed by atoms with Gasteiger partial charge >= 0.3 is 0 Å². The standard InChI is InChI=1S/C28H36BrN3O2.ClH/c1-21(2)30-26(33)25(23-6-4-3-5-7-23)12-16-31-17-13-28(14-18-31)15-19-32(27(28)34)20-22-8-10-24(29)11-9-22;/h3-11,21,25H,12-20H2,1-2H3,(H,30,33);1H. The summed E-state index contributed by atoms with van der Waals surface area (Å²) in [5.41, 5.74) is 2.06. The molecule has 2 amide bonds. The number of carbonyl (C=O) groups excluding carboxylic acids is 2. The van der Waals surface area contributed by atoms with Crippen molar-refractivity contribution >= 4 is 40.2 Å². The summed E-state index contributed by atoms with van der Waals surface area (Å²) in [7, 11) is 0. The second-order valence-electron chi connectivity index (χ2n) is 10.1. The Morgan fingerprint density at radius 1 is 1.00 bits per heavy atom. The Morgan fingerprint density at radius 2 is 1.63 bits per heavy atom. The second-order valence-corrected chi connectivity index (χ2v) is 11.1. The lowest BCUT2D eigenvalue weighted by Crippen LogP contribution is -2.45. The Bertz CT molecular complexity index is 975. The van der Waals surface area contributed by atoms with Gasteiger partial charge in [-0.3, -0.25) is 9.59 Å². The largest absolute Gasteiger partial charge is 0.353 e. The van der Waals surface area contributed by atoms with Crippen LogP contribution in [-0.2, 0) is 16.1 Å². The molecule has 2 aliphatic rings. The molecule has 35 heavy (non-hydrogen) atoms. The van der Waals surface area contributed by atoms with Crippen molar-refractivity contribution in [2.45, 2.75) is 58.0 Å². The van der Waals surface area contributed by atoms with Crippen LogP contribution in [0.3, 0.4) is 0 Å². The van der Waals surface area contributed by atoms with Crippen molar-refractivity contribution in [3.05, 3.63) is 70.2 Å². The fourth-order valence-electron chi connectivity index (χ4n) is 5.35. The minimum Gasteiger partial charge on any atom is -0.353 e. The van der Waals surface area contributed by atoms with Gasteiger partial charge in [0.05, 0.1) is 11.3 Å². The fourth-order valence-corrected chi connectivity index (χ4v) is 5.62. The van der Waals surface area contributed by atoms with Crippen molar-refractivity contribution in [2.75, 3.05) is 26.2 Å². The Kier molecular flexibility index (Phi) is 9.79. The summed E-state index contributed by atoms with van der Waals surface area (Å²) in [6, 6.07) is 18.5. The number of likely N-dealkylation sites (tertiary alicyclic amines) is 2. The summed E-state index contributed by atoms with van der Waals surface area (Å²) < 4.78 is 1.06. The highest BCUT2D eigenvalue weighted by molar-refractivity contribution is 9.10. The quantitative estimate of drug-likeness (QED) is 0.470. The van der Waals surface area contributed by atoms with Crippen LogP contribution in [0.2, 0.25) is 0 Å². The van der Waals surface area contributed by atoms with Gasteiger partial charge in [0.1, 0.15) is 0 Å². The van der Waals surface area contributed by atoms with Crippen LogP contribution < -0.4 is 5.32 Å². The SMILES string of the molecule is CC(C)NC(=O)C(CCN1CCC2(CC1)CCN(Cc1ccc(Br)cc1)C2=O)c1ccccc1.Cl. The predicted octanol–water partition coefficient (Wildman–Crippen LogP) is 5.38. The molecule has 1 unspecified atom stereocenters. The maximum absolute atomic E-state index is 13.3. The van der Waals surface area contributed by atoms with Gasteiger partial charge in [-0.2, -0.15) is 0 Å². The number of hydrogen-bond acceptors (Lipinski definition) is 3. The smallest absolute Gasteiger partial charge is 0.229 e. The van der Waals surface area contributed by atoms with Crippen molar-refractivity contribution in [3.63, 3.8) is 0 Å². The number of rotatable bonds is 8. The predicted molar refractivity (Wildman–Crippen MR) is 147 cm³/mol. The van der Waals surface area contributed by atoms with Crippen molar-refractivity contribution in [1.29, 1.82) is 0 Å². The van der Waals surface area contributed by atoms with E-state index in [-0.39, 0.29) is 35.7 Å². The molecule has 190 valence electrons. The van der Waals surface area contributed by atoms with E-state index in [2.05, 4.69) is 38.3 Å². The van der Waals surface area contributed by atoms with Crippen LogP contribution in [0.1, 0.15) is 56.6 Å². The topological polar surface area (TPSA) is 52.7 Å². The minimum atomic E-state index is -0.195. The molecule has 1 atom stereocenters. The molecule has 2 heterocycles. The molecule has 0 bridgehead atoms. The van der Waals surface area contributed by atoms with Crippen LogP contribution >= 0.6 is 28.3 Å². The molecule has 2 aromatic carbocycles. The molecule has 2 aliphatic heterocycles. The molecule has 7 heteroatoms. The highest BCUT2D eigenvalue weighted by Gasteiger charge is 2.47. The van der Waals surface area contributed by atoms with Crippen molar-refractivity contribution < 1.29 is 9.59 Å². The second kappa shape index (κ2) is 12.4. The zero-order chi connectivity index (χ0) is 24.1. The van der Waals surface area contributed by atoms with Gasteiger partial charge in [-0.25, -0.2) is 0 Å². The first-order valence-corrected chi connectivity index (χ1v) is 13.3. The summed E-state index contributed by atoms with van der Waals surface area (Å²) in [6.07, 6.45) is 3.58. The van der Waals surface area contributed by atoms with Crippen LogP contribution in [0.5, 0.6) is 0 Å². The van der Waals surface area contributed by atoms with Crippen molar-refractivity contribution in [3.8, 4) is 0 Å². The normalized spacial score (nSPS) is 18.5. The van der Waals surface area contributed by atoms with Gasteiger partial charge in [0.25, 0.3) is 0 Å². The number of benzene rings is 2. The third kappa shape index (κ3) is 6.87. The van der Waals surface area contributed by atoms with Crippen molar-refractivity contribution in [2.24, 2.45) is 5.41 Å². The molecule has 4 rings (SSSR count). The monoisotopic (exact) mass is 561 g/mol. The van der Waals surface area contributed by atoms with E-state index < -0.39 is 0 Å². The Labute approximate surface area is 224 Å². The first-order chi connectivity index (χ1) is 16.4. The molecule has 0 saturated carbocycles. The first kappa shape index (κ1) is 27.7. The molecule has 5 nitrogen and oxygen atoms in total. The van der Waals surface area contributed by atoms with E-state index >= 15 is 0 Å². The van der Waals surface area contributed by atoms with Crippen LogP contribution in [0.15, 0.2) is 59.1 Å². The fraction of sp³-hybridized carbons (Fsp3) is 0.500. The highest BCUT2D eigenvalue weighted by atomic mass is 79.9. The zero-order valence-electron chi connectivity index (χ0n) is 20.7. The number of hydrogen-bond donors (Lipinski definition) is 1. The molecule has 2 fully saturated rings. The number of carbonyl (C=O) groups is 2. The van der Waals surface area contributed by atoms with E-state index in [1.165, 1.54) is 5.56 Å². The van der Waals surface area contributed by atoms with E-state index in [4.69, 9.17) is 0 Å². The lowest BCUT2D eigenvalue weighted by atomic mass is 9.77. The summed E-state index contributed by atoms with van der Waals surface area (Å²) in [5.74, 6) is 0.284. The average molecular weight is 563 g/mol. The molecular weight excluding hydrogens is 526 g/mol. The maximum atomic E-state index is 13.3. The summed E-state index contributed by atoms with van der Waals surface area (Å²) in [4.78, 5) is 30.7. The third-order valence-corrected chi connectivity index (χ3v) is 7.91. The molecule has 0 radical (unpaired) electrons. The van der Waals surface area contributed by atoms with Gasteiger partial charge in [-0.15, -0.1) is 12.4 Å². The molecule has 0 aromatic heterocycles. The van der Waals surface area contributed by atoms with E-state index in [0.29, 0.717) is 12.5 Å². The molecule has 2 saturated heterocycles. The third-order valence-electron chi connectivity index (χ3n) is 7.38. The Balaban J connectivity index is 0.00000342. The highest BCUT2D eigenvalue weighted by Crippen LogP contribution is 2.42. The molecule has 1 spiro atoms. The van der Waals surface area contributed by atoms with Crippen LogP contribution in [0.4, 0.5) is 0 Å². The summed E-state index contributed by atoms with van der Waals surface area (Å²) in [5, 5.41) is 3.09. The van der Waals surface area contributed by atoms with E-state index in [1.54, 1.807) is 0 Å².